The molecular weight excluding hydrogens is 261 g/mol. The smallest absolute Gasteiger partial charge is 0.123 e. The van der Waals surface area contributed by atoms with E-state index < -0.39 is 0 Å². The van der Waals surface area contributed by atoms with Gasteiger partial charge in [-0.05, 0) is 49.1 Å². The van der Waals surface area contributed by atoms with Crippen LogP contribution in [0, 0.1) is 5.82 Å². The molecule has 1 fully saturated rings. The molecule has 0 amide bonds. The van der Waals surface area contributed by atoms with Gasteiger partial charge in [-0.2, -0.15) is 0 Å². The third-order valence-electron chi connectivity index (χ3n) is 4.49. The van der Waals surface area contributed by atoms with Crippen molar-refractivity contribution in [2.45, 2.75) is 37.6 Å². The molecule has 0 bridgehead atoms. The first-order chi connectivity index (χ1) is 10.3. The summed E-state index contributed by atoms with van der Waals surface area (Å²) in [6.45, 7) is 3.16. The molecule has 2 aromatic rings. The van der Waals surface area contributed by atoms with Crippen LogP contribution < -0.4 is 5.32 Å². The van der Waals surface area contributed by atoms with E-state index in [2.05, 4.69) is 42.6 Å². The molecule has 0 spiro atoms. The van der Waals surface area contributed by atoms with Crippen LogP contribution in [0.1, 0.15) is 43.4 Å². The van der Waals surface area contributed by atoms with Crippen LogP contribution in [0.5, 0.6) is 0 Å². The summed E-state index contributed by atoms with van der Waals surface area (Å²) in [5.74, 6) is -0.169. The summed E-state index contributed by atoms with van der Waals surface area (Å²) in [6.07, 6.45) is 3.48. The van der Waals surface area contributed by atoms with Gasteiger partial charge < -0.3 is 5.32 Å². The van der Waals surface area contributed by atoms with E-state index in [9.17, 15) is 4.39 Å². The van der Waals surface area contributed by atoms with Crippen LogP contribution in [0.4, 0.5) is 4.39 Å². The summed E-state index contributed by atoms with van der Waals surface area (Å²) >= 11 is 0. The Balaban J connectivity index is 1.94. The minimum atomic E-state index is -0.169. The second kappa shape index (κ2) is 5.98. The fourth-order valence-electron chi connectivity index (χ4n) is 3.22. The Labute approximate surface area is 126 Å². The van der Waals surface area contributed by atoms with E-state index in [-0.39, 0.29) is 17.3 Å². The first-order valence-electron chi connectivity index (χ1n) is 7.80. The zero-order chi connectivity index (χ0) is 14.7. The van der Waals surface area contributed by atoms with Crippen molar-refractivity contribution in [1.29, 1.82) is 0 Å². The van der Waals surface area contributed by atoms with Crippen molar-refractivity contribution in [2.75, 3.05) is 6.54 Å². The lowest BCUT2D eigenvalue weighted by atomic mass is 9.83. The van der Waals surface area contributed by atoms with Crippen molar-refractivity contribution in [3.05, 3.63) is 71.5 Å². The van der Waals surface area contributed by atoms with Gasteiger partial charge in [0.2, 0.25) is 0 Å². The molecule has 21 heavy (non-hydrogen) atoms. The highest BCUT2D eigenvalue weighted by atomic mass is 19.1. The molecule has 0 aliphatic heterocycles. The molecule has 110 valence electrons. The molecule has 1 aliphatic rings. The molecule has 0 saturated heterocycles. The summed E-state index contributed by atoms with van der Waals surface area (Å²) in [7, 11) is 0. The molecule has 1 atom stereocenters. The van der Waals surface area contributed by atoms with Crippen LogP contribution in [-0.4, -0.2) is 6.54 Å². The molecule has 1 aliphatic carbocycles. The van der Waals surface area contributed by atoms with Crippen molar-refractivity contribution in [2.24, 2.45) is 0 Å². The Morgan fingerprint density at radius 2 is 1.71 bits per heavy atom. The van der Waals surface area contributed by atoms with Crippen LogP contribution in [-0.2, 0) is 5.41 Å². The van der Waals surface area contributed by atoms with E-state index in [4.69, 9.17) is 0 Å². The fourth-order valence-corrected chi connectivity index (χ4v) is 3.22. The van der Waals surface area contributed by atoms with E-state index in [0.717, 1.165) is 13.0 Å². The third-order valence-corrected chi connectivity index (χ3v) is 4.49. The number of hydrogen-bond acceptors (Lipinski definition) is 1. The molecule has 1 saturated carbocycles. The molecular formula is C19H22FN. The second-order valence-electron chi connectivity index (χ2n) is 5.96. The number of halogens is 1. The summed E-state index contributed by atoms with van der Waals surface area (Å²) in [6, 6.07) is 18.0. The molecule has 1 nitrogen and oxygen atoms in total. The molecule has 0 radical (unpaired) electrons. The van der Waals surface area contributed by atoms with Gasteiger partial charge in [0.25, 0.3) is 0 Å². The zero-order valence-corrected chi connectivity index (χ0v) is 12.5. The topological polar surface area (TPSA) is 12.0 Å². The van der Waals surface area contributed by atoms with Gasteiger partial charge in [-0.1, -0.05) is 49.4 Å². The van der Waals surface area contributed by atoms with Crippen molar-refractivity contribution >= 4 is 0 Å². The largest absolute Gasteiger partial charge is 0.309 e. The maximum absolute atomic E-state index is 13.2. The maximum atomic E-state index is 13.2. The number of hydrogen-bond donors (Lipinski definition) is 1. The van der Waals surface area contributed by atoms with Crippen LogP contribution >= 0.6 is 0 Å². The lowest BCUT2D eigenvalue weighted by Crippen LogP contribution is -2.32. The minimum Gasteiger partial charge on any atom is -0.309 e. The number of rotatable bonds is 6. The highest BCUT2D eigenvalue weighted by molar-refractivity contribution is 5.38. The van der Waals surface area contributed by atoms with E-state index >= 15 is 0 Å². The first-order valence-corrected chi connectivity index (χ1v) is 7.80. The highest BCUT2D eigenvalue weighted by Gasteiger charge is 2.50. The van der Waals surface area contributed by atoms with Crippen LogP contribution in [0.3, 0.4) is 0 Å². The molecule has 3 rings (SSSR count). The van der Waals surface area contributed by atoms with Gasteiger partial charge in [-0.3, -0.25) is 0 Å². The van der Waals surface area contributed by atoms with E-state index in [0.29, 0.717) is 0 Å². The second-order valence-corrected chi connectivity index (χ2v) is 5.96. The van der Waals surface area contributed by atoms with Crippen LogP contribution in [0.2, 0.25) is 0 Å². The normalized spacial score (nSPS) is 17.4. The van der Waals surface area contributed by atoms with Gasteiger partial charge in [0.05, 0.1) is 0 Å². The number of benzene rings is 2. The van der Waals surface area contributed by atoms with Crippen molar-refractivity contribution < 1.29 is 4.39 Å². The van der Waals surface area contributed by atoms with E-state index in [1.54, 1.807) is 12.1 Å². The molecule has 1 N–H and O–H groups in total. The van der Waals surface area contributed by atoms with Crippen LogP contribution in [0.15, 0.2) is 54.6 Å². The highest BCUT2D eigenvalue weighted by Crippen LogP contribution is 2.56. The zero-order valence-electron chi connectivity index (χ0n) is 12.5. The molecule has 2 aromatic carbocycles. The van der Waals surface area contributed by atoms with Crippen molar-refractivity contribution in [3.63, 3.8) is 0 Å². The minimum absolute atomic E-state index is 0.169. The fraction of sp³-hybridized carbons (Fsp3) is 0.368. The molecule has 1 unspecified atom stereocenters. The Hall–Kier alpha value is -1.67. The predicted molar refractivity (Wildman–Crippen MR) is 84.8 cm³/mol. The number of nitrogens with one attached hydrogen (secondary N) is 1. The Morgan fingerprint density at radius 3 is 2.29 bits per heavy atom. The van der Waals surface area contributed by atoms with Gasteiger partial charge in [0.1, 0.15) is 5.82 Å². The lowest BCUT2D eigenvalue weighted by Gasteiger charge is -2.29. The average Bonchev–Trinajstić information content (AvgIpc) is 3.32. The summed E-state index contributed by atoms with van der Waals surface area (Å²) in [5, 5.41) is 3.68. The Kier molecular flexibility index (Phi) is 4.07. The summed E-state index contributed by atoms with van der Waals surface area (Å²) in [5.41, 5.74) is 2.75. The SMILES string of the molecule is CCCNC(c1ccc(F)cc1)C1(c2ccccc2)CC1. The predicted octanol–water partition coefficient (Wildman–Crippen LogP) is 4.60. The molecule has 2 heteroatoms. The lowest BCUT2D eigenvalue weighted by molar-refractivity contribution is 0.429. The van der Waals surface area contributed by atoms with Gasteiger partial charge in [-0.25, -0.2) is 4.39 Å². The summed E-state index contributed by atoms with van der Waals surface area (Å²) < 4.78 is 13.2. The Bertz CT molecular complexity index is 572. The monoisotopic (exact) mass is 283 g/mol. The quantitative estimate of drug-likeness (QED) is 0.817. The van der Waals surface area contributed by atoms with E-state index in [1.807, 2.05) is 12.1 Å². The Morgan fingerprint density at radius 1 is 1.05 bits per heavy atom. The van der Waals surface area contributed by atoms with Crippen molar-refractivity contribution in [3.8, 4) is 0 Å². The van der Waals surface area contributed by atoms with Gasteiger partial charge >= 0.3 is 0 Å². The molecule has 0 heterocycles. The van der Waals surface area contributed by atoms with Gasteiger partial charge in [0.15, 0.2) is 0 Å². The van der Waals surface area contributed by atoms with Gasteiger partial charge in [-0.15, -0.1) is 0 Å². The molecule has 0 aromatic heterocycles. The average molecular weight is 283 g/mol. The van der Waals surface area contributed by atoms with E-state index in [1.165, 1.54) is 24.0 Å². The van der Waals surface area contributed by atoms with Crippen LogP contribution in [0.25, 0.3) is 0 Å². The maximum Gasteiger partial charge on any atom is 0.123 e. The van der Waals surface area contributed by atoms with Crippen molar-refractivity contribution in [1.82, 2.24) is 5.32 Å². The third kappa shape index (κ3) is 2.86. The first kappa shape index (κ1) is 14.3. The van der Waals surface area contributed by atoms with Gasteiger partial charge in [0, 0.05) is 11.5 Å². The summed E-state index contributed by atoms with van der Waals surface area (Å²) in [4.78, 5) is 0. The standard InChI is InChI=1S/C19H22FN/c1-2-14-21-18(15-8-10-17(20)11-9-15)19(12-13-19)16-6-4-3-5-7-16/h3-11,18,21H,2,12-14H2,1H3.